The molecular formula is C18H18BrN3O. The van der Waals surface area contributed by atoms with Crippen molar-refractivity contribution in [3.63, 3.8) is 0 Å². The lowest BCUT2D eigenvalue weighted by molar-refractivity contribution is 0.0923. The lowest BCUT2D eigenvalue weighted by Crippen LogP contribution is -2.32. The number of aromatic amines is 1. The van der Waals surface area contributed by atoms with Crippen molar-refractivity contribution in [1.29, 1.82) is 0 Å². The quantitative estimate of drug-likeness (QED) is 0.711. The monoisotopic (exact) mass is 371 g/mol. The van der Waals surface area contributed by atoms with Gasteiger partial charge in [0.2, 0.25) is 0 Å². The van der Waals surface area contributed by atoms with Crippen LogP contribution in [0.1, 0.15) is 36.1 Å². The summed E-state index contributed by atoms with van der Waals surface area (Å²) >= 11 is 3.38. The summed E-state index contributed by atoms with van der Waals surface area (Å²) in [6.07, 6.45) is 0. The van der Waals surface area contributed by atoms with Gasteiger partial charge in [-0.3, -0.25) is 4.79 Å². The van der Waals surface area contributed by atoms with Gasteiger partial charge in [-0.15, -0.1) is 0 Å². The van der Waals surface area contributed by atoms with Gasteiger partial charge in [0.1, 0.15) is 5.82 Å². The molecule has 3 rings (SSSR count). The number of hydrogen-bond donors (Lipinski definition) is 2. The zero-order valence-electron chi connectivity index (χ0n) is 13.0. The molecule has 0 aliphatic carbocycles. The third-order valence-corrected chi connectivity index (χ3v) is 4.29. The van der Waals surface area contributed by atoms with E-state index in [-0.39, 0.29) is 17.9 Å². The largest absolute Gasteiger partial charge is 0.342 e. The standard InChI is InChI=1S/C18H18BrN3O/c1-11(2)16(17-20-14-5-3-4-6-15(14)21-17)22-18(23)12-7-9-13(19)10-8-12/h3-11,16H,1-2H3,(H,20,21)(H,22,23). The van der Waals surface area contributed by atoms with Crippen LogP contribution in [0.25, 0.3) is 11.0 Å². The molecular weight excluding hydrogens is 354 g/mol. The average molecular weight is 372 g/mol. The maximum absolute atomic E-state index is 12.5. The highest BCUT2D eigenvalue weighted by Gasteiger charge is 2.22. The Morgan fingerprint density at radius 2 is 1.83 bits per heavy atom. The third kappa shape index (κ3) is 3.45. The van der Waals surface area contributed by atoms with Gasteiger partial charge in [-0.2, -0.15) is 0 Å². The van der Waals surface area contributed by atoms with Crippen molar-refractivity contribution in [2.24, 2.45) is 5.92 Å². The number of nitrogens with zero attached hydrogens (tertiary/aromatic N) is 1. The fraction of sp³-hybridized carbons (Fsp3) is 0.222. The predicted octanol–water partition coefficient (Wildman–Crippen LogP) is 4.45. The number of hydrogen-bond acceptors (Lipinski definition) is 2. The number of benzene rings is 2. The maximum Gasteiger partial charge on any atom is 0.251 e. The Morgan fingerprint density at radius 1 is 1.13 bits per heavy atom. The molecule has 1 atom stereocenters. The van der Waals surface area contributed by atoms with Crippen molar-refractivity contribution in [3.05, 3.63) is 64.4 Å². The molecule has 0 aliphatic rings. The molecule has 0 aliphatic heterocycles. The Balaban J connectivity index is 1.86. The van der Waals surface area contributed by atoms with Crippen molar-refractivity contribution in [2.75, 3.05) is 0 Å². The van der Waals surface area contributed by atoms with Crippen LogP contribution in [0.4, 0.5) is 0 Å². The minimum absolute atomic E-state index is 0.100. The second-order valence-electron chi connectivity index (χ2n) is 5.84. The molecule has 2 aromatic carbocycles. The highest BCUT2D eigenvalue weighted by atomic mass is 79.9. The second kappa shape index (κ2) is 6.54. The van der Waals surface area contributed by atoms with Crippen LogP contribution >= 0.6 is 15.9 Å². The number of imidazole rings is 1. The van der Waals surface area contributed by atoms with Crippen LogP contribution in [0.2, 0.25) is 0 Å². The predicted molar refractivity (Wildman–Crippen MR) is 95.3 cm³/mol. The van der Waals surface area contributed by atoms with Crippen molar-refractivity contribution < 1.29 is 4.79 Å². The fourth-order valence-corrected chi connectivity index (χ4v) is 2.76. The summed E-state index contributed by atoms with van der Waals surface area (Å²) in [5.41, 5.74) is 2.52. The van der Waals surface area contributed by atoms with Gasteiger partial charge in [0.15, 0.2) is 0 Å². The molecule has 1 amide bonds. The van der Waals surface area contributed by atoms with E-state index in [0.717, 1.165) is 21.3 Å². The molecule has 2 N–H and O–H groups in total. The molecule has 1 heterocycles. The highest BCUT2D eigenvalue weighted by Crippen LogP contribution is 2.23. The normalized spacial score (nSPS) is 12.5. The van der Waals surface area contributed by atoms with Gasteiger partial charge in [0.25, 0.3) is 5.91 Å². The summed E-state index contributed by atoms with van der Waals surface area (Å²) < 4.78 is 0.951. The fourth-order valence-electron chi connectivity index (χ4n) is 2.50. The summed E-state index contributed by atoms with van der Waals surface area (Å²) in [6.45, 7) is 4.14. The Hall–Kier alpha value is -2.14. The summed E-state index contributed by atoms with van der Waals surface area (Å²) in [6, 6.07) is 15.0. The first-order valence-electron chi connectivity index (χ1n) is 7.55. The zero-order chi connectivity index (χ0) is 16.4. The third-order valence-electron chi connectivity index (χ3n) is 3.76. The second-order valence-corrected chi connectivity index (χ2v) is 6.76. The van der Waals surface area contributed by atoms with Gasteiger partial charge in [0.05, 0.1) is 17.1 Å². The summed E-state index contributed by atoms with van der Waals surface area (Å²) in [4.78, 5) is 20.4. The maximum atomic E-state index is 12.5. The Kier molecular flexibility index (Phi) is 4.48. The van der Waals surface area contributed by atoms with Crippen LogP contribution in [-0.4, -0.2) is 15.9 Å². The minimum atomic E-state index is -0.168. The van der Waals surface area contributed by atoms with E-state index in [2.05, 4.69) is 45.1 Å². The SMILES string of the molecule is CC(C)C(NC(=O)c1ccc(Br)cc1)c1nc2ccccc2[nH]1. The van der Waals surface area contributed by atoms with Gasteiger partial charge in [-0.05, 0) is 42.3 Å². The van der Waals surface area contributed by atoms with E-state index >= 15 is 0 Å². The van der Waals surface area contributed by atoms with Crippen LogP contribution in [0.3, 0.4) is 0 Å². The topological polar surface area (TPSA) is 57.8 Å². The number of carbonyl (C=O) groups is 1. The summed E-state index contributed by atoms with van der Waals surface area (Å²) in [5, 5.41) is 3.08. The van der Waals surface area contributed by atoms with E-state index in [1.54, 1.807) is 12.1 Å². The molecule has 23 heavy (non-hydrogen) atoms. The van der Waals surface area contributed by atoms with Gasteiger partial charge < -0.3 is 10.3 Å². The van der Waals surface area contributed by atoms with E-state index in [1.807, 2.05) is 36.4 Å². The van der Waals surface area contributed by atoms with E-state index < -0.39 is 0 Å². The summed E-state index contributed by atoms with van der Waals surface area (Å²) in [5.74, 6) is 0.901. The van der Waals surface area contributed by atoms with E-state index in [0.29, 0.717) is 5.56 Å². The number of halogens is 1. The number of H-pyrrole nitrogens is 1. The first kappa shape index (κ1) is 15.7. The minimum Gasteiger partial charge on any atom is -0.342 e. The molecule has 0 bridgehead atoms. The Morgan fingerprint density at radius 3 is 2.48 bits per heavy atom. The van der Waals surface area contributed by atoms with Crippen molar-refractivity contribution >= 4 is 32.9 Å². The molecule has 0 saturated carbocycles. The number of para-hydroxylation sites is 2. The van der Waals surface area contributed by atoms with Gasteiger partial charge in [-0.1, -0.05) is 41.9 Å². The molecule has 118 valence electrons. The number of rotatable bonds is 4. The lowest BCUT2D eigenvalue weighted by Gasteiger charge is -2.20. The molecule has 5 heteroatoms. The number of amides is 1. The van der Waals surface area contributed by atoms with Gasteiger partial charge in [0, 0.05) is 10.0 Å². The van der Waals surface area contributed by atoms with Crippen LogP contribution < -0.4 is 5.32 Å². The van der Waals surface area contributed by atoms with Gasteiger partial charge in [-0.25, -0.2) is 4.98 Å². The van der Waals surface area contributed by atoms with E-state index in [4.69, 9.17) is 0 Å². The Labute approximate surface area is 143 Å². The van der Waals surface area contributed by atoms with Crippen molar-refractivity contribution in [3.8, 4) is 0 Å². The molecule has 1 aromatic heterocycles. The molecule has 0 saturated heterocycles. The van der Waals surface area contributed by atoms with Crippen LogP contribution in [0, 0.1) is 5.92 Å². The Bertz CT molecular complexity index is 791. The highest BCUT2D eigenvalue weighted by molar-refractivity contribution is 9.10. The zero-order valence-corrected chi connectivity index (χ0v) is 14.6. The first-order valence-corrected chi connectivity index (χ1v) is 8.35. The molecule has 4 nitrogen and oxygen atoms in total. The molecule has 0 radical (unpaired) electrons. The lowest BCUT2D eigenvalue weighted by atomic mass is 10.0. The van der Waals surface area contributed by atoms with E-state index in [1.165, 1.54) is 0 Å². The summed E-state index contributed by atoms with van der Waals surface area (Å²) in [7, 11) is 0. The van der Waals surface area contributed by atoms with Gasteiger partial charge >= 0.3 is 0 Å². The number of aromatic nitrogens is 2. The molecule has 1 unspecified atom stereocenters. The molecule has 3 aromatic rings. The van der Waals surface area contributed by atoms with Crippen molar-refractivity contribution in [2.45, 2.75) is 19.9 Å². The van der Waals surface area contributed by atoms with Crippen molar-refractivity contribution in [1.82, 2.24) is 15.3 Å². The van der Waals surface area contributed by atoms with E-state index in [9.17, 15) is 4.79 Å². The first-order chi connectivity index (χ1) is 11.0. The van der Waals surface area contributed by atoms with Crippen LogP contribution in [0.15, 0.2) is 53.0 Å². The smallest absolute Gasteiger partial charge is 0.251 e. The average Bonchev–Trinajstić information content (AvgIpc) is 2.96. The number of fused-ring (bicyclic) bond motifs is 1. The van der Waals surface area contributed by atoms with Crippen LogP contribution in [-0.2, 0) is 0 Å². The number of carbonyl (C=O) groups excluding carboxylic acids is 1. The van der Waals surface area contributed by atoms with Crippen LogP contribution in [0.5, 0.6) is 0 Å². The number of nitrogens with one attached hydrogen (secondary N) is 2. The molecule has 0 spiro atoms. The molecule has 0 fully saturated rings.